The van der Waals surface area contributed by atoms with Crippen molar-refractivity contribution in [2.75, 3.05) is 48.1 Å². The van der Waals surface area contributed by atoms with Crippen LogP contribution in [0.3, 0.4) is 0 Å². The molecule has 0 aliphatic heterocycles. The Labute approximate surface area is 152 Å². The van der Waals surface area contributed by atoms with Gasteiger partial charge < -0.3 is 9.47 Å². The molecule has 2 aromatic rings. The Morgan fingerprint density at radius 3 is 1.32 bits per heavy atom. The summed E-state index contributed by atoms with van der Waals surface area (Å²) in [7, 11) is 7.75. The van der Waals surface area contributed by atoms with Gasteiger partial charge in [0.25, 0.3) is 0 Å². The Bertz CT molecular complexity index is 555. The van der Waals surface area contributed by atoms with Gasteiger partial charge in [0.05, 0.1) is 20.9 Å². The average molecular weight is 342 g/mol. The summed E-state index contributed by atoms with van der Waals surface area (Å²) in [4.78, 5) is 4.72. The van der Waals surface area contributed by atoms with E-state index in [1.165, 1.54) is 11.1 Å². The van der Waals surface area contributed by atoms with Crippen molar-refractivity contribution in [3.8, 4) is 11.5 Å². The lowest BCUT2D eigenvalue weighted by molar-refractivity contribution is 0.186. The quantitative estimate of drug-likeness (QED) is 0.619. The topological polar surface area (TPSA) is 24.9 Å². The summed E-state index contributed by atoms with van der Waals surface area (Å²) in [5.74, 6) is 1.82. The maximum atomic E-state index is 5.20. The van der Waals surface area contributed by atoms with Gasteiger partial charge in [-0.3, -0.25) is 9.80 Å². The van der Waals surface area contributed by atoms with Crippen molar-refractivity contribution in [2.24, 2.45) is 0 Å². The van der Waals surface area contributed by atoms with Crippen LogP contribution in [0.5, 0.6) is 11.5 Å². The molecule has 4 heteroatoms. The molecule has 0 amide bonds. The molecule has 0 bridgehead atoms. The molecule has 0 aliphatic rings. The zero-order chi connectivity index (χ0) is 18.1. The van der Waals surface area contributed by atoms with E-state index in [-0.39, 0.29) is 0 Å². The number of nitrogens with zero attached hydrogens (tertiary/aromatic N) is 2. The van der Waals surface area contributed by atoms with Crippen LogP contribution in [0.2, 0.25) is 0 Å². The first kappa shape index (κ1) is 19.3. The van der Waals surface area contributed by atoms with Crippen LogP contribution in [0.4, 0.5) is 0 Å². The molecule has 0 radical (unpaired) electrons. The monoisotopic (exact) mass is 342 g/mol. The van der Waals surface area contributed by atoms with Gasteiger partial charge in [-0.15, -0.1) is 0 Å². The number of hydrogen-bond donors (Lipinski definition) is 0. The van der Waals surface area contributed by atoms with E-state index in [0.717, 1.165) is 44.1 Å². The third-order valence-electron chi connectivity index (χ3n) is 4.37. The SMILES string of the molecule is COc1ccc(CCN(C)CN(C)CCc2ccc(OC)cc2)cc1. The number of hydrogen-bond acceptors (Lipinski definition) is 4. The molecule has 136 valence electrons. The van der Waals surface area contributed by atoms with Crippen LogP contribution in [0.25, 0.3) is 0 Å². The van der Waals surface area contributed by atoms with Crippen molar-refractivity contribution in [2.45, 2.75) is 12.8 Å². The van der Waals surface area contributed by atoms with E-state index in [1.54, 1.807) is 14.2 Å². The molecule has 0 atom stereocenters. The minimum absolute atomic E-state index is 0.912. The standard InChI is InChI=1S/C21H30N2O2/c1-22(15-13-18-5-9-20(24-3)10-6-18)17-23(2)16-14-19-7-11-21(25-4)12-8-19/h5-12H,13-17H2,1-4H3. The second-order valence-corrected chi connectivity index (χ2v) is 6.50. The zero-order valence-corrected chi connectivity index (χ0v) is 15.9. The van der Waals surface area contributed by atoms with Crippen molar-refractivity contribution in [1.29, 1.82) is 0 Å². The highest BCUT2D eigenvalue weighted by atomic mass is 16.5. The van der Waals surface area contributed by atoms with Crippen LogP contribution in [-0.4, -0.2) is 57.9 Å². The maximum Gasteiger partial charge on any atom is 0.118 e. The third-order valence-corrected chi connectivity index (χ3v) is 4.37. The van der Waals surface area contributed by atoms with Gasteiger partial charge in [-0.25, -0.2) is 0 Å². The summed E-state index contributed by atoms with van der Waals surface area (Å²) in [5.41, 5.74) is 2.68. The van der Waals surface area contributed by atoms with Crippen molar-refractivity contribution in [3.63, 3.8) is 0 Å². The van der Waals surface area contributed by atoms with Crippen LogP contribution in [0.15, 0.2) is 48.5 Å². The lowest BCUT2D eigenvalue weighted by atomic mass is 10.1. The summed E-state index contributed by atoms with van der Waals surface area (Å²) in [6.07, 6.45) is 2.10. The van der Waals surface area contributed by atoms with Crippen LogP contribution in [0, 0.1) is 0 Å². The molecule has 0 heterocycles. The van der Waals surface area contributed by atoms with Crippen molar-refractivity contribution >= 4 is 0 Å². The van der Waals surface area contributed by atoms with Gasteiger partial charge in [-0.05, 0) is 62.3 Å². The molecule has 2 rings (SSSR count). The fourth-order valence-corrected chi connectivity index (χ4v) is 2.78. The first-order chi connectivity index (χ1) is 12.1. The Morgan fingerprint density at radius 1 is 0.640 bits per heavy atom. The first-order valence-corrected chi connectivity index (χ1v) is 8.73. The molecule has 0 saturated carbocycles. The summed E-state index contributed by atoms with van der Waals surface area (Å²) in [6, 6.07) is 16.7. The normalized spacial score (nSPS) is 11.1. The molecular weight excluding hydrogens is 312 g/mol. The van der Waals surface area contributed by atoms with E-state index in [2.05, 4.69) is 48.2 Å². The van der Waals surface area contributed by atoms with Gasteiger partial charge in [0, 0.05) is 13.1 Å². The molecule has 2 aromatic carbocycles. The molecule has 0 spiro atoms. The predicted octanol–water partition coefficient (Wildman–Crippen LogP) is 3.31. The molecule has 0 unspecified atom stereocenters. The lowest BCUT2D eigenvalue weighted by Gasteiger charge is -2.24. The van der Waals surface area contributed by atoms with Crippen LogP contribution < -0.4 is 9.47 Å². The largest absolute Gasteiger partial charge is 0.497 e. The highest BCUT2D eigenvalue weighted by molar-refractivity contribution is 5.28. The number of rotatable bonds is 10. The maximum absolute atomic E-state index is 5.20. The van der Waals surface area contributed by atoms with Gasteiger partial charge in [0.1, 0.15) is 11.5 Å². The fraction of sp³-hybridized carbons (Fsp3) is 0.429. The number of likely N-dealkylation sites (N-methyl/N-ethyl adjacent to an activating group) is 2. The molecule has 0 saturated heterocycles. The van der Waals surface area contributed by atoms with E-state index in [4.69, 9.17) is 9.47 Å². The molecule has 0 aromatic heterocycles. The van der Waals surface area contributed by atoms with Gasteiger partial charge in [-0.2, -0.15) is 0 Å². The number of ether oxygens (including phenoxy) is 2. The Kier molecular flexibility index (Phi) is 7.76. The van der Waals surface area contributed by atoms with Gasteiger partial charge in [0.15, 0.2) is 0 Å². The molecule has 0 aliphatic carbocycles. The van der Waals surface area contributed by atoms with E-state index >= 15 is 0 Å². The summed E-state index contributed by atoms with van der Waals surface area (Å²) >= 11 is 0. The molecule has 25 heavy (non-hydrogen) atoms. The zero-order valence-electron chi connectivity index (χ0n) is 15.9. The number of methoxy groups -OCH3 is 2. The van der Waals surface area contributed by atoms with Crippen molar-refractivity contribution < 1.29 is 9.47 Å². The van der Waals surface area contributed by atoms with Crippen LogP contribution in [0.1, 0.15) is 11.1 Å². The van der Waals surface area contributed by atoms with Crippen LogP contribution >= 0.6 is 0 Å². The molecular formula is C21H30N2O2. The minimum Gasteiger partial charge on any atom is -0.497 e. The first-order valence-electron chi connectivity index (χ1n) is 8.73. The predicted molar refractivity (Wildman–Crippen MR) is 104 cm³/mol. The average Bonchev–Trinajstić information content (AvgIpc) is 2.65. The highest BCUT2D eigenvalue weighted by Crippen LogP contribution is 2.13. The number of benzene rings is 2. The van der Waals surface area contributed by atoms with E-state index in [1.807, 2.05) is 24.3 Å². The summed E-state index contributed by atoms with van der Waals surface area (Å²) in [6.45, 7) is 3.05. The third kappa shape index (κ3) is 6.77. The Morgan fingerprint density at radius 2 is 1.00 bits per heavy atom. The van der Waals surface area contributed by atoms with Gasteiger partial charge in [0.2, 0.25) is 0 Å². The minimum atomic E-state index is 0.912. The highest BCUT2D eigenvalue weighted by Gasteiger charge is 2.05. The van der Waals surface area contributed by atoms with Gasteiger partial charge in [-0.1, -0.05) is 24.3 Å². The van der Waals surface area contributed by atoms with E-state index < -0.39 is 0 Å². The van der Waals surface area contributed by atoms with Crippen molar-refractivity contribution in [1.82, 2.24) is 9.80 Å². The van der Waals surface area contributed by atoms with Crippen LogP contribution in [-0.2, 0) is 12.8 Å². The second kappa shape index (κ2) is 10.1. The fourth-order valence-electron chi connectivity index (χ4n) is 2.78. The van der Waals surface area contributed by atoms with E-state index in [9.17, 15) is 0 Å². The molecule has 0 N–H and O–H groups in total. The molecule has 0 fully saturated rings. The van der Waals surface area contributed by atoms with E-state index in [0.29, 0.717) is 0 Å². The van der Waals surface area contributed by atoms with Crippen molar-refractivity contribution in [3.05, 3.63) is 59.7 Å². The summed E-state index contributed by atoms with van der Waals surface area (Å²) in [5, 5.41) is 0. The Balaban J connectivity index is 1.68. The Hall–Kier alpha value is -2.04. The van der Waals surface area contributed by atoms with Gasteiger partial charge >= 0.3 is 0 Å². The smallest absolute Gasteiger partial charge is 0.118 e. The summed E-state index contributed by atoms with van der Waals surface area (Å²) < 4.78 is 10.4. The second-order valence-electron chi connectivity index (χ2n) is 6.50. The molecule has 4 nitrogen and oxygen atoms in total. The lowest BCUT2D eigenvalue weighted by Crippen LogP contribution is -2.35.